The van der Waals surface area contributed by atoms with Crippen molar-refractivity contribution in [1.82, 2.24) is 15.1 Å². The summed E-state index contributed by atoms with van der Waals surface area (Å²) >= 11 is 0. The minimum atomic E-state index is -4.53. The van der Waals surface area contributed by atoms with Crippen molar-refractivity contribution in [2.45, 2.75) is 18.9 Å². The Labute approximate surface area is 226 Å². The maximum Gasteiger partial charge on any atom is 0.408 e. The fourth-order valence-electron chi connectivity index (χ4n) is 4.34. The van der Waals surface area contributed by atoms with E-state index >= 15 is 0 Å². The molecule has 0 saturated carbocycles. The highest BCUT2D eigenvalue weighted by Gasteiger charge is 2.32. The van der Waals surface area contributed by atoms with E-state index in [1.54, 1.807) is 17.0 Å². The normalized spacial score (nSPS) is 17.3. The first kappa shape index (κ1) is 26.9. The second-order valence-electron chi connectivity index (χ2n) is 8.96. The van der Waals surface area contributed by atoms with E-state index in [0.717, 1.165) is 11.8 Å². The molecule has 0 bridgehead atoms. The number of hydrogen-bond acceptors (Lipinski definition) is 8. The van der Waals surface area contributed by atoms with Crippen LogP contribution in [-0.4, -0.2) is 72.0 Å². The molecule has 2 aromatic carbocycles. The molecule has 0 spiro atoms. The fraction of sp³-hybridized carbons (Fsp3) is 0.269. The van der Waals surface area contributed by atoms with Crippen LogP contribution in [0.25, 0.3) is 0 Å². The number of carbonyl (C=O) groups is 1. The number of para-hydroxylation sites is 1. The molecule has 5 rings (SSSR count). The summed E-state index contributed by atoms with van der Waals surface area (Å²) in [6.45, 7) is 0.0564. The third kappa shape index (κ3) is 6.12. The monoisotopic (exact) mass is 554 g/mol. The summed E-state index contributed by atoms with van der Waals surface area (Å²) < 4.78 is 50.5. The molecular weight excluding hydrogens is 529 g/mol. The molecule has 14 heteroatoms. The van der Waals surface area contributed by atoms with Crippen molar-refractivity contribution in [3.63, 3.8) is 0 Å². The summed E-state index contributed by atoms with van der Waals surface area (Å²) in [5, 5.41) is 26.1. The maximum absolute atomic E-state index is 13.0. The third-order valence-corrected chi connectivity index (χ3v) is 6.10. The fourth-order valence-corrected chi connectivity index (χ4v) is 4.34. The van der Waals surface area contributed by atoms with E-state index in [1.807, 2.05) is 42.5 Å². The molecule has 4 N–H and O–H groups in total. The minimum Gasteiger partial charge on any atom is -0.407 e. The molecule has 1 aromatic heterocycles. The predicted molar refractivity (Wildman–Crippen MR) is 141 cm³/mol. The average molecular weight is 555 g/mol. The van der Waals surface area contributed by atoms with Crippen LogP contribution in [0.4, 0.5) is 24.7 Å². The van der Waals surface area contributed by atoms with Crippen molar-refractivity contribution >= 4 is 35.0 Å². The van der Waals surface area contributed by atoms with Gasteiger partial charge in [-0.05, 0) is 6.07 Å². The standard InChI is InChI=1S/C26H25F3N8O3/c27-26(28,29)15-37-14-18(23(35-37)36-10-12-39-13-11-36)21(30)40-25(31)34-22-24(38)32-19-9-5-4-8-17(19)20(33-22)16-6-2-1-3-7-16/h1-9,14,22,30H,10-13,15H2,(H2,31,34)(H,32,38)/t22-/m1/s1. The van der Waals surface area contributed by atoms with Gasteiger partial charge in [0.2, 0.25) is 12.1 Å². The number of nitrogens with one attached hydrogen (secondary N) is 4. The number of benzodiazepines with no additional fused rings is 1. The van der Waals surface area contributed by atoms with E-state index in [2.05, 4.69) is 20.7 Å². The van der Waals surface area contributed by atoms with Crippen molar-refractivity contribution in [2.24, 2.45) is 4.99 Å². The van der Waals surface area contributed by atoms with Gasteiger partial charge >= 0.3 is 6.18 Å². The van der Waals surface area contributed by atoms with Crippen LogP contribution < -0.4 is 15.5 Å². The van der Waals surface area contributed by atoms with Gasteiger partial charge in [0.1, 0.15) is 6.54 Å². The molecule has 1 atom stereocenters. The SMILES string of the molecule is N=C(N[C@H]1N=C(c2ccccc2)c2ccccc2NC1=O)OC(=N)c1cn(CC(F)(F)F)nc1N1CCOCC1. The Morgan fingerprint density at radius 2 is 1.80 bits per heavy atom. The van der Waals surface area contributed by atoms with Crippen molar-refractivity contribution in [3.05, 3.63) is 77.5 Å². The first-order valence-corrected chi connectivity index (χ1v) is 12.3. The number of amidine groups is 1. The Morgan fingerprint density at radius 3 is 2.52 bits per heavy atom. The number of morpholine rings is 1. The van der Waals surface area contributed by atoms with Crippen LogP contribution in [0.5, 0.6) is 0 Å². The number of ether oxygens (including phenoxy) is 2. The number of benzene rings is 2. The molecule has 3 aromatic rings. The van der Waals surface area contributed by atoms with E-state index < -0.39 is 36.7 Å². The van der Waals surface area contributed by atoms with E-state index in [9.17, 15) is 18.0 Å². The van der Waals surface area contributed by atoms with Gasteiger partial charge in [-0.1, -0.05) is 48.5 Å². The number of aliphatic imine (C=N–C) groups is 1. The zero-order valence-corrected chi connectivity index (χ0v) is 21.0. The maximum atomic E-state index is 13.0. The summed E-state index contributed by atoms with van der Waals surface area (Å²) in [6.07, 6.45) is -4.77. The van der Waals surface area contributed by atoms with E-state index in [4.69, 9.17) is 20.3 Å². The number of hydrogen-bond donors (Lipinski definition) is 4. The Hall–Kier alpha value is -4.72. The summed E-state index contributed by atoms with van der Waals surface area (Å²) in [6, 6.07) is 15.6. The smallest absolute Gasteiger partial charge is 0.407 e. The van der Waals surface area contributed by atoms with Gasteiger partial charge in [-0.25, -0.2) is 4.99 Å². The highest BCUT2D eigenvalue weighted by Crippen LogP contribution is 2.25. The molecule has 2 aliphatic heterocycles. The third-order valence-electron chi connectivity index (χ3n) is 6.10. The van der Waals surface area contributed by atoms with Crippen LogP contribution in [0, 0.1) is 10.8 Å². The highest BCUT2D eigenvalue weighted by atomic mass is 19.4. The molecule has 0 radical (unpaired) electrons. The van der Waals surface area contributed by atoms with Gasteiger partial charge in [0.05, 0.1) is 30.2 Å². The Morgan fingerprint density at radius 1 is 1.10 bits per heavy atom. The molecule has 208 valence electrons. The molecule has 3 heterocycles. The molecule has 11 nitrogen and oxygen atoms in total. The summed E-state index contributed by atoms with van der Waals surface area (Å²) in [4.78, 5) is 19.3. The number of aromatic nitrogens is 2. The van der Waals surface area contributed by atoms with Gasteiger partial charge in [0, 0.05) is 30.4 Å². The quantitative estimate of drug-likeness (QED) is 0.282. The van der Waals surface area contributed by atoms with Gasteiger partial charge in [0.25, 0.3) is 11.9 Å². The molecular formula is C26H25F3N8O3. The Kier molecular flexibility index (Phi) is 7.51. The van der Waals surface area contributed by atoms with Crippen LogP contribution >= 0.6 is 0 Å². The minimum absolute atomic E-state index is 0.0381. The molecule has 1 fully saturated rings. The number of halogens is 3. The van der Waals surface area contributed by atoms with Crippen LogP contribution in [0.15, 0.2) is 65.8 Å². The summed E-state index contributed by atoms with van der Waals surface area (Å²) in [7, 11) is 0. The lowest BCUT2D eigenvalue weighted by Gasteiger charge is -2.27. The molecule has 1 saturated heterocycles. The van der Waals surface area contributed by atoms with Gasteiger partial charge in [-0.15, -0.1) is 0 Å². The largest absolute Gasteiger partial charge is 0.408 e. The van der Waals surface area contributed by atoms with E-state index in [-0.39, 0.29) is 11.4 Å². The summed E-state index contributed by atoms with van der Waals surface area (Å²) in [5.41, 5.74) is 2.41. The number of anilines is 2. The topological polar surface area (TPSA) is 141 Å². The number of amides is 1. The first-order valence-electron chi connectivity index (χ1n) is 12.3. The lowest BCUT2D eigenvalue weighted by atomic mass is 10.0. The van der Waals surface area contributed by atoms with Gasteiger partial charge in [-0.2, -0.15) is 18.3 Å². The van der Waals surface area contributed by atoms with Crippen molar-refractivity contribution in [3.8, 4) is 0 Å². The lowest BCUT2D eigenvalue weighted by Crippen LogP contribution is -2.43. The van der Waals surface area contributed by atoms with Crippen molar-refractivity contribution < 1.29 is 27.4 Å². The number of carbonyl (C=O) groups excluding carboxylic acids is 1. The number of rotatable bonds is 5. The predicted octanol–water partition coefficient (Wildman–Crippen LogP) is 2.96. The van der Waals surface area contributed by atoms with Gasteiger partial charge < -0.3 is 25.0 Å². The zero-order chi connectivity index (χ0) is 28.3. The van der Waals surface area contributed by atoms with Crippen LogP contribution in [0.3, 0.4) is 0 Å². The Balaban J connectivity index is 1.38. The van der Waals surface area contributed by atoms with Gasteiger partial charge in [-0.3, -0.25) is 20.3 Å². The molecule has 0 unspecified atom stereocenters. The lowest BCUT2D eigenvalue weighted by molar-refractivity contribution is -0.142. The van der Waals surface area contributed by atoms with Crippen molar-refractivity contribution in [2.75, 3.05) is 36.5 Å². The second-order valence-corrected chi connectivity index (χ2v) is 8.96. The zero-order valence-electron chi connectivity index (χ0n) is 21.0. The van der Waals surface area contributed by atoms with Crippen LogP contribution in [-0.2, 0) is 20.8 Å². The first-order chi connectivity index (χ1) is 19.2. The van der Waals surface area contributed by atoms with Crippen molar-refractivity contribution in [1.29, 1.82) is 10.8 Å². The van der Waals surface area contributed by atoms with Crippen LogP contribution in [0.1, 0.15) is 16.7 Å². The van der Waals surface area contributed by atoms with Gasteiger partial charge in [0.15, 0.2) is 5.82 Å². The summed E-state index contributed by atoms with van der Waals surface area (Å²) in [5.74, 6) is -1.07. The highest BCUT2D eigenvalue weighted by molar-refractivity contribution is 6.19. The molecule has 40 heavy (non-hydrogen) atoms. The number of fused-ring (bicyclic) bond motifs is 1. The average Bonchev–Trinajstić information content (AvgIpc) is 3.28. The van der Waals surface area contributed by atoms with E-state index in [0.29, 0.717) is 47.9 Å². The second kappa shape index (κ2) is 11.2. The molecule has 1 amide bonds. The van der Waals surface area contributed by atoms with Crippen LogP contribution in [0.2, 0.25) is 0 Å². The number of alkyl halides is 3. The molecule has 0 aliphatic carbocycles. The number of nitrogens with zero attached hydrogens (tertiary/aromatic N) is 4. The Bertz CT molecular complexity index is 1450. The molecule has 2 aliphatic rings. The van der Waals surface area contributed by atoms with E-state index in [1.165, 1.54) is 0 Å².